The molecular formula is C16H29N7O2. The minimum Gasteiger partial charge on any atom is -0.383 e. The number of aromatic nitrogens is 4. The Morgan fingerprint density at radius 2 is 2.12 bits per heavy atom. The second kappa shape index (κ2) is 8.09. The number of urea groups is 1. The molecule has 1 N–H and O–H groups in total. The molecule has 3 heterocycles. The van der Waals surface area contributed by atoms with Gasteiger partial charge in [0.15, 0.2) is 5.82 Å². The number of ether oxygens (including phenoxy) is 1. The zero-order valence-electron chi connectivity index (χ0n) is 15.3. The van der Waals surface area contributed by atoms with Gasteiger partial charge in [0, 0.05) is 26.7 Å². The molecule has 0 saturated carbocycles. The third-order valence-corrected chi connectivity index (χ3v) is 5.23. The molecular weight excluding hydrogens is 322 g/mol. The zero-order valence-corrected chi connectivity index (χ0v) is 15.3. The van der Waals surface area contributed by atoms with Gasteiger partial charge >= 0.3 is 6.03 Å². The maximum Gasteiger partial charge on any atom is 0.317 e. The van der Waals surface area contributed by atoms with E-state index >= 15 is 0 Å². The van der Waals surface area contributed by atoms with Crippen LogP contribution in [0.3, 0.4) is 0 Å². The highest BCUT2D eigenvalue weighted by atomic mass is 16.5. The first-order valence-electron chi connectivity index (χ1n) is 9.24. The summed E-state index contributed by atoms with van der Waals surface area (Å²) in [5.41, 5.74) is -0.294. The zero-order chi connectivity index (χ0) is 17.7. The SMILES string of the molecule is CCCNC(=O)N1CCC(c2nnnn2CCOC)(N2CCCC2)C1. The number of tetrazole rings is 1. The van der Waals surface area contributed by atoms with Crippen molar-refractivity contribution >= 4 is 6.03 Å². The molecule has 2 aliphatic heterocycles. The minimum absolute atomic E-state index is 0.0128. The third-order valence-electron chi connectivity index (χ3n) is 5.23. The van der Waals surface area contributed by atoms with Crippen LogP contribution in [-0.4, -0.2) is 82.5 Å². The van der Waals surface area contributed by atoms with Crippen molar-refractivity contribution < 1.29 is 9.53 Å². The molecule has 1 aromatic rings. The van der Waals surface area contributed by atoms with Gasteiger partial charge in [-0.1, -0.05) is 6.92 Å². The van der Waals surface area contributed by atoms with E-state index in [1.54, 1.807) is 7.11 Å². The number of rotatable bonds is 7. The maximum absolute atomic E-state index is 12.5. The largest absolute Gasteiger partial charge is 0.383 e. The van der Waals surface area contributed by atoms with Gasteiger partial charge in [-0.25, -0.2) is 9.48 Å². The van der Waals surface area contributed by atoms with E-state index in [-0.39, 0.29) is 11.6 Å². The van der Waals surface area contributed by atoms with E-state index in [9.17, 15) is 4.79 Å². The molecule has 0 bridgehead atoms. The Hall–Kier alpha value is -1.74. The quantitative estimate of drug-likeness (QED) is 0.767. The van der Waals surface area contributed by atoms with Crippen LogP contribution in [0.4, 0.5) is 4.79 Å². The summed E-state index contributed by atoms with van der Waals surface area (Å²) in [6.45, 7) is 7.37. The van der Waals surface area contributed by atoms with E-state index in [4.69, 9.17) is 4.74 Å². The molecule has 25 heavy (non-hydrogen) atoms. The van der Waals surface area contributed by atoms with Gasteiger partial charge in [0.05, 0.1) is 13.2 Å². The van der Waals surface area contributed by atoms with Crippen molar-refractivity contribution in [2.75, 3.05) is 46.4 Å². The first-order valence-corrected chi connectivity index (χ1v) is 9.24. The molecule has 140 valence electrons. The highest BCUT2D eigenvalue weighted by Gasteiger charge is 2.50. The second-order valence-electron chi connectivity index (χ2n) is 6.85. The molecule has 2 amide bonds. The number of carbonyl (C=O) groups is 1. The molecule has 0 radical (unpaired) electrons. The fourth-order valence-electron chi connectivity index (χ4n) is 3.90. The molecule has 0 aromatic carbocycles. The molecule has 0 spiro atoms. The van der Waals surface area contributed by atoms with Crippen LogP contribution < -0.4 is 5.32 Å². The molecule has 2 saturated heterocycles. The Labute approximate surface area is 148 Å². The highest BCUT2D eigenvalue weighted by Crippen LogP contribution is 2.38. The predicted octanol–water partition coefficient (Wildman–Crippen LogP) is 0.436. The number of likely N-dealkylation sites (tertiary alicyclic amines) is 2. The summed E-state index contributed by atoms with van der Waals surface area (Å²) >= 11 is 0. The average Bonchev–Trinajstić information content (AvgIpc) is 3.37. The second-order valence-corrected chi connectivity index (χ2v) is 6.85. The first kappa shape index (κ1) is 18.1. The van der Waals surface area contributed by atoms with Crippen LogP contribution in [-0.2, 0) is 16.8 Å². The van der Waals surface area contributed by atoms with Crippen LogP contribution in [0.2, 0.25) is 0 Å². The third kappa shape index (κ3) is 3.62. The summed E-state index contributed by atoms with van der Waals surface area (Å²) < 4.78 is 7.03. The fraction of sp³-hybridized carbons (Fsp3) is 0.875. The van der Waals surface area contributed by atoms with Gasteiger partial charge in [0.25, 0.3) is 0 Å². The van der Waals surface area contributed by atoms with Crippen LogP contribution in [0, 0.1) is 0 Å². The number of hydrogen-bond donors (Lipinski definition) is 1. The lowest BCUT2D eigenvalue weighted by Crippen LogP contribution is -2.50. The number of carbonyl (C=O) groups excluding carboxylic acids is 1. The van der Waals surface area contributed by atoms with E-state index in [1.165, 1.54) is 12.8 Å². The molecule has 2 fully saturated rings. The van der Waals surface area contributed by atoms with E-state index < -0.39 is 0 Å². The molecule has 3 rings (SSSR count). The Kier molecular flexibility index (Phi) is 5.85. The first-order chi connectivity index (χ1) is 12.2. The molecule has 0 aliphatic carbocycles. The molecule has 2 aliphatic rings. The van der Waals surface area contributed by atoms with Gasteiger partial charge in [-0.2, -0.15) is 0 Å². The van der Waals surface area contributed by atoms with Crippen LogP contribution in [0.15, 0.2) is 0 Å². The van der Waals surface area contributed by atoms with Crippen LogP contribution in [0.5, 0.6) is 0 Å². The van der Waals surface area contributed by atoms with Gasteiger partial charge in [0.1, 0.15) is 5.54 Å². The number of nitrogens with zero attached hydrogens (tertiary/aromatic N) is 6. The summed E-state index contributed by atoms with van der Waals surface area (Å²) in [4.78, 5) is 16.8. The standard InChI is InChI=1S/C16H29N7O2/c1-3-7-17-15(24)21-10-6-16(13-21,22-8-4-5-9-22)14-18-19-20-23(14)11-12-25-2/h3-13H2,1-2H3,(H,17,24). The number of methoxy groups -OCH3 is 1. The summed E-state index contributed by atoms with van der Waals surface area (Å²) in [5, 5.41) is 15.4. The molecule has 9 heteroatoms. The van der Waals surface area contributed by atoms with Crippen molar-refractivity contribution in [2.24, 2.45) is 0 Å². The number of hydrogen-bond acceptors (Lipinski definition) is 6. The summed E-state index contributed by atoms with van der Waals surface area (Å²) in [7, 11) is 1.68. The number of amides is 2. The van der Waals surface area contributed by atoms with Crippen molar-refractivity contribution in [1.29, 1.82) is 0 Å². The normalized spacial score (nSPS) is 24.2. The van der Waals surface area contributed by atoms with Crippen molar-refractivity contribution in [1.82, 2.24) is 35.3 Å². The lowest BCUT2D eigenvalue weighted by molar-refractivity contribution is 0.103. The Balaban J connectivity index is 1.83. The van der Waals surface area contributed by atoms with Gasteiger partial charge in [0.2, 0.25) is 0 Å². The lowest BCUT2D eigenvalue weighted by atomic mass is 9.95. The van der Waals surface area contributed by atoms with Gasteiger partial charge in [-0.05, 0) is 49.2 Å². The van der Waals surface area contributed by atoms with Crippen LogP contribution >= 0.6 is 0 Å². The Morgan fingerprint density at radius 3 is 2.84 bits per heavy atom. The molecule has 9 nitrogen and oxygen atoms in total. The maximum atomic E-state index is 12.5. The fourth-order valence-corrected chi connectivity index (χ4v) is 3.90. The van der Waals surface area contributed by atoms with E-state index in [2.05, 4.69) is 32.7 Å². The Morgan fingerprint density at radius 1 is 1.32 bits per heavy atom. The van der Waals surface area contributed by atoms with Gasteiger partial charge in [-0.3, -0.25) is 4.90 Å². The van der Waals surface area contributed by atoms with Crippen LogP contribution in [0.1, 0.15) is 38.4 Å². The summed E-state index contributed by atoms with van der Waals surface area (Å²) in [5.74, 6) is 0.859. The topological polar surface area (TPSA) is 88.4 Å². The molecule has 1 atom stereocenters. The van der Waals surface area contributed by atoms with Crippen LogP contribution in [0.25, 0.3) is 0 Å². The van der Waals surface area contributed by atoms with E-state index in [0.717, 1.165) is 38.3 Å². The van der Waals surface area contributed by atoms with Crippen molar-refractivity contribution in [3.05, 3.63) is 5.82 Å². The van der Waals surface area contributed by atoms with Gasteiger partial charge in [-0.15, -0.1) is 5.10 Å². The highest BCUT2D eigenvalue weighted by molar-refractivity contribution is 5.74. The molecule has 1 aromatic heterocycles. The minimum atomic E-state index is -0.294. The Bertz CT molecular complexity index is 573. The van der Waals surface area contributed by atoms with E-state index in [1.807, 2.05) is 9.58 Å². The van der Waals surface area contributed by atoms with Crippen molar-refractivity contribution in [3.8, 4) is 0 Å². The smallest absolute Gasteiger partial charge is 0.317 e. The number of nitrogens with one attached hydrogen (secondary N) is 1. The van der Waals surface area contributed by atoms with E-state index in [0.29, 0.717) is 26.2 Å². The van der Waals surface area contributed by atoms with Crippen molar-refractivity contribution in [2.45, 2.75) is 44.7 Å². The monoisotopic (exact) mass is 351 g/mol. The molecule has 1 unspecified atom stereocenters. The average molecular weight is 351 g/mol. The van der Waals surface area contributed by atoms with Crippen molar-refractivity contribution in [3.63, 3.8) is 0 Å². The van der Waals surface area contributed by atoms with Gasteiger partial charge < -0.3 is 15.0 Å². The predicted molar refractivity (Wildman–Crippen MR) is 92.1 cm³/mol. The summed E-state index contributed by atoms with van der Waals surface area (Å²) in [6.07, 6.45) is 4.17. The lowest BCUT2D eigenvalue weighted by Gasteiger charge is -2.37. The summed E-state index contributed by atoms with van der Waals surface area (Å²) in [6, 6.07) is 0.0128.